The topological polar surface area (TPSA) is 194 Å². The summed E-state index contributed by atoms with van der Waals surface area (Å²) in [4.78, 5) is 38.9. The maximum Gasteiger partial charge on any atom is 0.328 e. The number of ether oxygens (including phenoxy) is 1. The van der Waals surface area contributed by atoms with Gasteiger partial charge in [-0.1, -0.05) is 30.3 Å². The minimum Gasteiger partial charge on any atom is -0.486 e. The predicted molar refractivity (Wildman–Crippen MR) is 144 cm³/mol. The molecule has 0 bridgehead atoms. The van der Waals surface area contributed by atoms with E-state index >= 15 is 0 Å². The maximum absolute atomic E-state index is 9.55. The summed E-state index contributed by atoms with van der Waals surface area (Å²) in [6.45, 7) is 0.888. The van der Waals surface area contributed by atoms with Gasteiger partial charge in [0.2, 0.25) is 0 Å². The number of hydrogen-bond acceptors (Lipinski definition) is 8. The van der Waals surface area contributed by atoms with Gasteiger partial charge in [0, 0.05) is 35.4 Å². The van der Waals surface area contributed by atoms with Crippen LogP contribution in [0.15, 0.2) is 78.9 Å². The Hall–Kier alpha value is -4.99. The number of nitriles is 1. The molecule has 1 aromatic heterocycles. The predicted octanol–water partition coefficient (Wildman–Crippen LogP) is 3.93. The van der Waals surface area contributed by atoms with Crippen LogP contribution in [0.25, 0.3) is 10.1 Å². The number of aliphatic carboxylic acids is 4. The molecule has 5 N–H and O–H groups in total. The molecule has 1 heterocycles. The number of hydrogen-bond donors (Lipinski definition) is 5. The molecule has 2 aromatic carbocycles. The molecule has 0 amide bonds. The number of thiophene rings is 1. The van der Waals surface area contributed by atoms with Gasteiger partial charge in [-0.25, -0.2) is 19.2 Å². The number of carboxylic acids is 4. The van der Waals surface area contributed by atoms with Crippen molar-refractivity contribution in [2.45, 2.75) is 12.5 Å². The van der Waals surface area contributed by atoms with E-state index < -0.39 is 23.9 Å². The molecule has 39 heavy (non-hydrogen) atoms. The first kappa shape index (κ1) is 32.0. The molecule has 0 spiro atoms. The minimum atomic E-state index is -1.26. The van der Waals surface area contributed by atoms with Gasteiger partial charge in [0.1, 0.15) is 22.8 Å². The Labute approximate surface area is 227 Å². The van der Waals surface area contributed by atoms with Gasteiger partial charge in [0.15, 0.2) is 0 Å². The lowest BCUT2D eigenvalue weighted by Gasteiger charge is -2.19. The highest BCUT2D eigenvalue weighted by Crippen LogP contribution is 2.31. The fourth-order valence-corrected chi connectivity index (χ4v) is 3.71. The Bertz CT molecular complexity index is 1290. The van der Waals surface area contributed by atoms with Crippen LogP contribution in [-0.2, 0) is 19.2 Å². The third-order valence-electron chi connectivity index (χ3n) is 4.44. The molecule has 0 saturated carbocycles. The van der Waals surface area contributed by atoms with Gasteiger partial charge >= 0.3 is 23.9 Å². The molecule has 204 valence electrons. The summed E-state index contributed by atoms with van der Waals surface area (Å²) < 4.78 is 7.32. The van der Waals surface area contributed by atoms with Crippen molar-refractivity contribution in [3.63, 3.8) is 0 Å². The first-order chi connectivity index (χ1) is 18.5. The second kappa shape index (κ2) is 17.5. The van der Waals surface area contributed by atoms with E-state index in [0.29, 0.717) is 24.3 Å². The number of fused-ring (bicyclic) bond motifs is 1. The second-order valence-electron chi connectivity index (χ2n) is 7.35. The molecular formula is C27H26N2O9S. The summed E-state index contributed by atoms with van der Waals surface area (Å²) in [6, 6.07) is 20.4. The monoisotopic (exact) mass is 554 g/mol. The number of carbonyl (C=O) groups is 4. The zero-order valence-corrected chi connectivity index (χ0v) is 21.5. The van der Waals surface area contributed by atoms with Crippen LogP contribution >= 0.6 is 11.3 Å². The first-order valence-electron chi connectivity index (χ1n) is 11.1. The van der Waals surface area contributed by atoms with E-state index in [-0.39, 0.29) is 6.10 Å². The Morgan fingerprint density at radius 2 is 1.44 bits per heavy atom. The van der Waals surface area contributed by atoms with E-state index in [9.17, 15) is 19.2 Å². The van der Waals surface area contributed by atoms with Crippen LogP contribution in [0.5, 0.6) is 5.75 Å². The van der Waals surface area contributed by atoms with Crippen molar-refractivity contribution in [3.8, 4) is 11.8 Å². The van der Waals surface area contributed by atoms with Crippen molar-refractivity contribution in [2.75, 3.05) is 13.6 Å². The van der Waals surface area contributed by atoms with E-state index in [4.69, 9.17) is 30.4 Å². The lowest BCUT2D eigenvalue weighted by molar-refractivity contribution is -0.134. The molecule has 0 radical (unpaired) electrons. The average Bonchev–Trinajstić information content (AvgIpc) is 3.32. The molecule has 0 aliphatic rings. The van der Waals surface area contributed by atoms with Crippen LogP contribution in [-0.4, -0.2) is 57.9 Å². The fraction of sp³-hybridized carbons (Fsp3) is 0.148. The van der Waals surface area contributed by atoms with Crippen molar-refractivity contribution < 1.29 is 44.3 Å². The summed E-state index contributed by atoms with van der Waals surface area (Å²) >= 11 is 1.50. The first-order valence-corrected chi connectivity index (χ1v) is 11.9. The Balaban J connectivity index is 0.000000393. The van der Waals surface area contributed by atoms with Crippen LogP contribution < -0.4 is 10.1 Å². The Morgan fingerprint density at radius 3 is 1.90 bits per heavy atom. The van der Waals surface area contributed by atoms with Crippen molar-refractivity contribution in [3.05, 3.63) is 89.3 Å². The molecule has 0 unspecified atom stereocenters. The van der Waals surface area contributed by atoms with E-state index in [0.717, 1.165) is 33.7 Å². The van der Waals surface area contributed by atoms with Crippen molar-refractivity contribution in [1.82, 2.24) is 5.32 Å². The van der Waals surface area contributed by atoms with Crippen LogP contribution in [0.2, 0.25) is 0 Å². The number of rotatable bonds is 10. The second-order valence-corrected chi connectivity index (χ2v) is 8.43. The molecule has 12 heteroatoms. The summed E-state index contributed by atoms with van der Waals surface area (Å²) in [7, 11) is 1.95. The molecule has 3 rings (SSSR count). The molecule has 1 atom stereocenters. The summed E-state index contributed by atoms with van der Waals surface area (Å²) in [5.74, 6) is -4.19. The Morgan fingerprint density at radius 1 is 0.897 bits per heavy atom. The van der Waals surface area contributed by atoms with Crippen molar-refractivity contribution in [2.24, 2.45) is 0 Å². The zero-order valence-electron chi connectivity index (χ0n) is 20.7. The van der Waals surface area contributed by atoms with Gasteiger partial charge in [-0.05, 0) is 48.8 Å². The average molecular weight is 555 g/mol. The third-order valence-corrected chi connectivity index (χ3v) is 5.45. The largest absolute Gasteiger partial charge is 0.486 e. The molecule has 0 fully saturated rings. The van der Waals surface area contributed by atoms with Crippen molar-refractivity contribution in [1.29, 1.82) is 5.26 Å². The minimum absolute atomic E-state index is 0.0106. The molecule has 0 aliphatic heterocycles. The van der Waals surface area contributed by atoms with Crippen LogP contribution in [0, 0.1) is 11.3 Å². The molecule has 3 aromatic rings. The highest BCUT2D eigenvalue weighted by atomic mass is 32.1. The van der Waals surface area contributed by atoms with Crippen LogP contribution in [0.4, 0.5) is 0 Å². The standard InChI is InChI=1S/C19H18N2OS.2C4H4O4/c1-21-10-9-18(14-5-3-2-4-6-14)22-16-8-7-15-11-17(13-20)23-19(15)12-16;2*5-3(6)1-2-4(7)8/h2-8,11-12,18,21H,9-10H2,1H3;2*1-2H,(H,5,6)(H,7,8)/t18-;;/m0../s1. The molecular weight excluding hydrogens is 528 g/mol. The van der Waals surface area contributed by atoms with E-state index in [2.05, 4.69) is 23.5 Å². The molecule has 0 saturated heterocycles. The zero-order chi connectivity index (χ0) is 29.2. The molecule has 11 nitrogen and oxygen atoms in total. The van der Waals surface area contributed by atoms with Gasteiger partial charge in [-0.15, -0.1) is 11.3 Å². The number of nitrogens with one attached hydrogen (secondary N) is 1. The van der Waals surface area contributed by atoms with Gasteiger partial charge in [0.05, 0.1) is 0 Å². The Kier molecular flexibility index (Phi) is 14.3. The fourth-order valence-electron chi connectivity index (χ4n) is 2.83. The highest BCUT2D eigenvalue weighted by molar-refractivity contribution is 7.19. The van der Waals surface area contributed by atoms with Crippen LogP contribution in [0.1, 0.15) is 23.0 Å². The summed E-state index contributed by atoms with van der Waals surface area (Å²) in [5.41, 5.74) is 1.17. The maximum atomic E-state index is 9.55. The van der Waals surface area contributed by atoms with Crippen molar-refractivity contribution >= 4 is 45.3 Å². The van der Waals surface area contributed by atoms with Gasteiger partial charge in [0.25, 0.3) is 0 Å². The van der Waals surface area contributed by atoms with E-state index in [1.165, 1.54) is 16.9 Å². The van der Waals surface area contributed by atoms with E-state index in [1.54, 1.807) is 0 Å². The normalized spacial score (nSPS) is 11.0. The third kappa shape index (κ3) is 13.8. The smallest absolute Gasteiger partial charge is 0.328 e. The molecule has 0 aliphatic carbocycles. The lowest BCUT2D eigenvalue weighted by Crippen LogP contribution is -2.16. The van der Waals surface area contributed by atoms with Gasteiger partial charge in [-0.2, -0.15) is 5.26 Å². The summed E-state index contributed by atoms with van der Waals surface area (Å²) in [6.07, 6.45) is 3.14. The number of nitrogens with zero attached hydrogens (tertiary/aromatic N) is 1. The summed E-state index contributed by atoms with van der Waals surface area (Å²) in [5, 5.41) is 44.5. The van der Waals surface area contributed by atoms with Gasteiger partial charge in [-0.3, -0.25) is 0 Å². The van der Waals surface area contributed by atoms with E-state index in [1.807, 2.05) is 49.5 Å². The van der Waals surface area contributed by atoms with Gasteiger partial charge < -0.3 is 30.5 Å². The quantitative estimate of drug-likeness (QED) is 0.228. The number of benzene rings is 2. The SMILES string of the molecule is CNCC[C@H](Oc1ccc2cc(C#N)sc2c1)c1ccccc1.O=C(O)C=CC(=O)O.O=C(O)C=CC(=O)O. The van der Waals surface area contributed by atoms with Crippen LogP contribution in [0.3, 0.4) is 0 Å². The highest BCUT2D eigenvalue weighted by Gasteiger charge is 2.13. The number of carboxylic acid groups (broad SMARTS) is 4. The lowest BCUT2D eigenvalue weighted by atomic mass is 10.1.